The molecule has 6 nitrogen and oxygen atoms in total. The Bertz CT molecular complexity index is 1080. The lowest BCUT2D eigenvalue weighted by molar-refractivity contribution is 0.511. The van der Waals surface area contributed by atoms with Gasteiger partial charge in [-0.15, -0.1) is 10.2 Å². The molecule has 7 heteroatoms. The summed E-state index contributed by atoms with van der Waals surface area (Å²) in [5.74, 6) is 0.958. The number of oxazole rings is 1. The molecule has 120 valence electrons. The van der Waals surface area contributed by atoms with Gasteiger partial charge in [0.05, 0.1) is 12.1 Å². The summed E-state index contributed by atoms with van der Waals surface area (Å²) < 4.78 is 8.64. The molecular weight excluding hydrogens is 328 g/mol. The van der Waals surface area contributed by atoms with E-state index in [2.05, 4.69) is 10.2 Å². The molecule has 0 radical (unpaired) electrons. The molecule has 2 aromatic carbocycles. The van der Waals surface area contributed by atoms with Crippen LogP contribution in [0.5, 0.6) is 0 Å². The molecule has 0 saturated heterocycles. The van der Waals surface area contributed by atoms with Crippen LogP contribution in [0, 0.1) is 0 Å². The van der Waals surface area contributed by atoms with Crippen LogP contribution in [0.2, 0.25) is 5.02 Å². The molecule has 0 spiro atoms. The van der Waals surface area contributed by atoms with Crippen molar-refractivity contribution in [2.24, 2.45) is 7.05 Å². The maximum Gasteiger partial charge on any atom is 0.420 e. The SMILES string of the molecule is Cn1c(Cn2c(=O)oc3cc(Cl)ccc32)nnc1-c1ccccc1. The second-order valence-corrected chi connectivity index (χ2v) is 5.87. The average molecular weight is 341 g/mol. The van der Waals surface area contributed by atoms with Crippen molar-refractivity contribution in [2.75, 3.05) is 0 Å². The molecule has 0 bridgehead atoms. The minimum Gasteiger partial charge on any atom is -0.408 e. The maximum atomic E-state index is 12.1. The summed E-state index contributed by atoms with van der Waals surface area (Å²) in [6.45, 7) is 0.268. The van der Waals surface area contributed by atoms with Crippen LogP contribution < -0.4 is 5.76 Å². The Hall–Kier alpha value is -2.86. The first kappa shape index (κ1) is 14.7. The van der Waals surface area contributed by atoms with E-state index in [0.29, 0.717) is 21.9 Å². The molecule has 0 fully saturated rings. The zero-order valence-electron chi connectivity index (χ0n) is 12.8. The predicted octanol–water partition coefficient (Wildman–Crippen LogP) is 3.09. The Morgan fingerprint density at radius 2 is 1.92 bits per heavy atom. The highest BCUT2D eigenvalue weighted by Crippen LogP contribution is 2.20. The van der Waals surface area contributed by atoms with Crippen LogP contribution in [0.3, 0.4) is 0 Å². The number of benzene rings is 2. The average Bonchev–Trinajstić information content (AvgIpc) is 3.09. The number of fused-ring (bicyclic) bond motifs is 1. The fraction of sp³-hybridized carbons (Fsp3) is 0.118. The van der Waals surface area contributed by atoms with E-state index >= 15 is 0 Å². The van der Waals surface area contributed by atoms with Crippen molar-refractivity contribution in [1.82, 2.24) is 19.3 Å². The Balaban J connectivity index is 1.76. The van der Waals surface area contributed by atoms with Crippen LogP contribution in [0.25, 0.3) is 22.5 Å². The first-order valence-electron chi connectivity index (χ1n) is 7.36. The standard InChI is InChI=1S/C17H13ClN4O2/c1-21-15(19-20-16(21)11-5-3-2-4-6-11)10-22-13-8-7-12(18)9-14(13)24-17(22)23/h2-9H,10H2,1H3. The topological polar surface area (TPSA) is 65.8 Å². The quantitative estimate of drug-likeness (QED) is 0.575. The minimum absolute atomic E-state index is 0.268. The third kappa shape index (κ3) is 2.41. The third-order valence-corrected chi connectivity index (χ3v) is 4.16. The summed E-state index contributed by atoms with van der Waals surface area (Å²) in [6, 6.07) is 14.9. The highest BCUT2D eigenvalue weighted by molar-refractivity contribution is 6.31. The summed E-state index contributed by atoms with van der Waals surface area (Å²) in [4.78, 5) is 12.1. The van der Waals surface area contributed by atoms with Gasteiger partial charge in [0, 0.05) is 23.7 Å². The largest absolute Gasteiger partial charge is 0.420 e. The van der Waals surface area contributed by atoms with E-state index in [-0.39, 0.29) is 6.54 Å². The molecule has 0 atom stereocenters. The molecule has 24 heavy (non-hydrogen) atoms. The van der Waals surface area contributed by atoms with Crippen molar-refractivity contribution < 1.29 is 4.42 Å². The smallest absolute Gasteiger partial charge is 0.408 e. The number of rotatable bonds is 3. The summed E-state index contributed by atoms with van der Waals surface area (Å²) in [6.07, 6.45) is 0. The van der Waals surface area contributed by atoms with E-state index in [0.717, 1.165) is 11.4 Å². The summed E-state index contributed by atoms with van der Waals surface area (Å²) in [7, 11) is 1.88. The number of hydrogen-bond acceptors (Lipinski definition) is 4. The van der Waals surface area contributed by atoms with E-state index in [9.17, 15) is 4.79 Å². The Morgan fingerprint density at radius 1 is 1.12 bits per heavy atom. The van der Waals surface area contributed by atoms with Crippen LogP contribution in [0.1, 0.15) is 5.82 Å². The van der Waals surface area contributed by atoms with E-state index in [1.807, 2.05) is 41.9 Å². The maximum absolute atomic E-state index is 12.1. The molecular formula is C17H13ClN4O2. The number of hydrogen-bond donors (Lipinski definition) is 0. The second kappa shape index (κ2) is 5.65. The van der Waals surface area contributed by atoms with Crippen LogP contribution in [0.4, 0.5) is 0 Å². The van der Waals surface area contributed by atoms with Gasteiger partial charge < -0.3 is 8.98 Å². The molecule has 0 aliphatic rings. The van der Waals surface area contributed by atoms with Crippen LogP contribution in [-0.2, 0) is 13.6 Å². The lowest BCUT2D eigenvalue weighted by Crippen LogP contribution is -2.17. The molecule has 0 aliphatic carbocycles. The van der Waals surface area contributed by atoms with Gasteiger partial charge >= 0.3 is 5.76 Å². The molecule has 2 aromatic heterocycles. The van der Waals surface area contributed by atoms with Crippen molar-refractivity contribution in [2.45, 2.75) is 6.54 Å². The first-order valence-corrected chi connectivity index (χ1v) is 7.74. The van der Waals surface area contributed by atoms with Crippen molar-refractivity contribution in [1.29, 1.82) is 0 Å². The normalized spacial score (nSPS) is 11.2. The molecule has 0 aliphatic heterocycles. The molecule has 0 amide bonds. The zero-order chi connectivity index (χ0) is 16.7. The Morgan fingerprint density at radius 3 is 2.71 bits per heavy atom. The van der Waals surface area contributed by atoms with Gasteiger partial charge in [-0.25, -0.2) is 4.79 Å². The molecule has 4 rings (SSSR count). The van der Waals surface area contributed by atoms with Gasteiger partial charge in [-0.1, -0.05) is 41.9 Å². The van der Waals surface area contributed by atoms with Crippen LogP contribution in [0.15, 0.2) is 57.7 Å². The van der Waals surface area contributed by atoms with E-state index in [1.54, 1.807) is 18.2 Å². The number of aromatic nitrogens is 4. The predicted molar refractivity (Wildman–Crippen MR) is 91.0 cm³/mol. The molecule has 0 N–H and O–H groups in total. The number of halogens is 1. The van der Waals surface area contributed by atoms with Crippen molar-refractivity contribution in [3.8, 4) is 11.4 Å². The zero-order valence-corrected chi connectivity index (χ0v) is 13.6. The van der Waals surface area contributed by atoms with Crippen LogP contribution >= 0.6 is 11.6 Å². The molecule has 0 saturated carbocycles. The summed E-state index contributed by atoms with van der Waals surface area (Å²) in [5, 5.41) is 8.98. The Kier molecular flexibility index (Phi) is 3.46. The third-order valence-electron chi connectivity index (χ3n) is 3.93. The molecule has 0 unspecified atom stereocenters. The highest BCUT2D eigenvalue weighted by Gasteiger charge is 2.15. The van der Waals surface area contributed by atoms with Crippen molar-refractivity contribution >= 4 is 22.7 Å². The lowest BCUT2D eigenvalue weighted by atomic mass is 10.2. The van der Waals surface area contributed by atoms with Crippen molar-refractivity contribution in [3.63, 3.8) is 0 Å². The molecule has 2 heterocycles. The summed E-state index contributed by atoms with van der Waals surface area (Å²) >= 11 is 5.94. The monoisotopic (exact) mass is 340 g/mol. The van der Waals surface area contributed by atoms with E-state index in [4.69, 9.17) is 16.0 Å². The summed E-state index contributed by atoms with van der Waals surface area (Å²) in [5.41, 5.74) is 2.10. The van der Waals surface area contributed by atoms with Crippen molar-refractivity contribution in [3.05, 3.63) is 69.9 Å². The fourth-order valence-corrected chi connectivity index (χ4v) is 2.83. The van der Waals surface area contributed by atoms with Gasteiger partial charge in [-0.3, -0.25) is 4.57 Å². The van der Waals surface area contributed by atoms with Gasteiger partial charge in [0.15, 0.2) is 17.2 Å². The minimum atomic E-state index is -0.448. The fourth-order valence-electron chi connectivity index (χ4n) is 2.67. The van der Waals surface area contributed by atoms with Crippen LogP contribution in [-0.4, -0.2) is 19.3 Å². The Labute approximate surface area is 141 Å². The van der Waals surface area contributed by atoms with E-state index in [1.165, 1.54) is 4.57 Å². The van der Waals surface area contributed by atoms with Gasteiger partial charge in [0.1, 0.15) is 0 Å². The molecule has 4 aromatic rings. The van der Waals surface area contributed by atoms with Gasteiger partial charge in [-0.05, 0) is 12.1 Å². The van der Waals surface area contributed by atoms with Gasteiger partial charge in [0.25, 0.3) is 0 Å². The highest BCUT2D eigenvalue weighted by atomic mass is 35.5. The van der Waals surface area contributed by atoms with E-state index < -0.39 is 5.76 Å². The lowest BCUT2D eigenvalue weighted by Gasteiger charge is -2.04. The second-order valence-electron chi connectivity index (χ2n) is 5.43. The number of nitrogens with zero attached hydrogens (tertiary/aromatic N) is 4. The van der Waals surface area contributed by atoms with Gasteiger partial charge in [0.2, 0.25) is 0 Å². The van der Waals surface area contributed by atoms with Gasteiger partial charge in [-0.2, -0.15) is 0 Å². The first-order chi connectivity index (χ1) is 11.6.